The molecule has 1 aromatic rings. The molecule has 1 rings (SSSR count). The third kappa shape index (κ3) is 2.21. The Labute approximate surface area is 77.6 Å². The Kier molecular flexibility index (Phi) is 2.34. The Hall–Kier alpha value is -1.04. The van der Waals surface area contributed by atoms with Crippen molar-refractivity contribution in [2.24, 2.45) is 0 Å². The van der Waals surface area contributed by atoms with Gasteiger partial charge >= 0.3 is 0 Å². The van der Waals surface area contributed by atoms with E-state index < -0.39 is 14.8 Å². The van der Waals surface area contributed by atoms with E-state index in [1.165, 1.54) is 12.5 Å². The topological polar surface area (TPSA) is 74.8 Å². The highest BCUT2D eigenvalue weighted by atomic mass is 32.2. The predicted octanol–water partition coefficient (Wildman–Crippen LogP) is 0.950. The summed E-state index contributed by atoms with van der Waals surface area (Å²) in [6, 6.07) is 0. The van der Waals surface area contributed by atoms with Gasteiger partial charge in [-0.2, -0.15) is 0 Å². The fourth-order valence-corrected chi connectivity index (χ4v) is 1.32. The Bertz CT molecular complexity index is 361. The van der Waals surface area contributed by atoms with Crippen LogP contribution in [0.25, 0.3) is 0 Å². The second kappa shape index (κ2) is 3.02. The zero-order valence-corrected chi connectivity index (χ0v) is 8.64. The van der Waals surface area contributed by atoms with Gasteiger partial charge in [0.05, 0.1) is 17.3 Å². The van der Waals surface area contributed by atoms with Crippen LogP contribution in [-0.4, -0.2) is 23.1 Å². The molecule has 0 radical (unpaired) electrons. The van der Waals surface area contributed by atoms with Crippen LogP contribution in [0.2, 0.25) is 0 Å². The molecule has 0 unspecified atom stereocenters. The third-order valence-electron chi connectivity index (χ3n) is 1.55. The normalized spacial score (nSPS) is 12.8. The molecule has 0 bridgehead atoms. The van der Waals surface area contributed by atoms with Gasteiger partial charge in [0.2, 0.25) is 10.0 Å². The van der Waals surface area contributed by atoms with E-state index in [1.54, 1.807) is 20.8 Å². The smallest absolute Gasteiger partial charge is 0.238 e. The van der Waals surface area contributed by atoms with Crippen molar-refractivity contribution in [1.29, 1.82) is 0 Å². The molecule has 0 fully saturated rings. The number of sulfonamides is 1. The maximum atomic E-state index is 11.6. The highest BCUT2D eigenvalue weighted by molar-refractivity contribution is 7.94. The Balaban J connectivity index is 2.87. The van der Waals surface area contributed by atoms with Gasteiger partial charge in [0.25, 0.3) is 0 Å². The number of rotatable bonds is 2. The summed E-state index contributed by atoms with van der Waals surface area (Å²) in [4.78, 5) is 6.37. The van der Waals surface area contributed by atoms with Gasteiger partial charge in [-0.15, -0.1) is 0 Å². The van der Waals surface area contributed by atoms with Gasteiger partial charge in [-0.1, -0.05) is 0 Å². The molecule has 74 valence electrons. The standard InChI is InChI=1S/C7H13N3O2S/c1-7(2,3)13(11,12)10-6-4-8-5-9-6/h4-5,10H,1-3H3,(H,8,9). The molecule has 0 saturated carbocycles. The zero-order chi connectivity index (χ0) is 10.1. The molecule has 0 amide bonds. The molecule has 5 nitrogen and oxygen atoms in total. The van der Waals surface area contributed by atoms with Crippen LogP contribution < -0.4 is 4.72 Å². The average molecular weight is 203 g/mol. The quantitative estimate of drug-likeness (QED) is 0.751. The van der Waals surface area contributed by atoms with Gasteiger partial charge in [-0.05, 0) is 20.8 Å². The highest BCUT2D eigenvalue weighted by Crippen LogP contribution is 2.17. The summed E-state index contributed by atoms with van der Waals surface area (Å²) in [7, 11) is -3.34. The van der Waals surface area contributed by atoms with E-state index in [0.717, 1.165) is 0 Å². The second-order valence-corrected chi connectivity index (χ2v) is 6.12. The van der Waals surface area contributed by atoms with Crippen LogP contribution in [0.3, 0.4) is 0 Å². The van der Waals surface area contributed by atoms with Crippen molar-refractivity contribution in [3.05, 3.63) is 12.5 Å². The van der Waals surface area contributed by atoms with Crippen molar-refractivity contribution in [2.75, 3.05) is 4.72 Å². The number of imidazole rings is 1. The lowest BCUT2D eigenvalue weighted by Crippen LogP contribution is -2.33. The molecule has 0 atom stereocenters. The average Bonchev–Trinajstić information content (AvgIpc) is 2.35. The highest BCUT2D eigenvalue weighted by Gasteiger charge is 2.29. The summed E-state index contributed by atoms with van der Waals surface area (Å²) >= 11 is 0. The Morgan fingerprint density at radius 1 is 1.46 bits per heavy atom. The molecule has 0 aromatic carbocycles. The molecule has 1 heterocycles. The predicted molar refractivity (Wildman–Crippen MR) is 50.9 cm³/mol. The van der Waals surface area contributed by atoms with Crippen LogP contribution in [0.5, 0.6) is 0 Å². The van der Waals surface area contributed by atoms with Crippen LogP contribution in [0.15, 0.2) is 12.5 Å². The maximum absolute atomic E-state index is 11.6. The summed E-state index contributed by atoms with van der Waals surface area (Å²) in [6.45, 7) is 4.89. The van der Waals surface area contributed by atoms with E-state index in [-0.39, 0.29) is 0 Å². The summed E-state index contributed by atoms with van der Waals surface area (Å²) in [5, 5.41) is 0. The number of nitrogens with zero attached hydrogens (tertiary/aromatic N) is 1. The van der Waals surface area contributed by atoms with Crippen molar-refractivity contribution >= 4 is 15.8 Å². The van der Waals surface area contributed by atoms with Crippen molar-refractivity contribution in [1.82, 2.24) is 9.97 Å². The van der Waals surface area contributed by atoms with Crippen LogP contribution in [0.1, 0.15) is 20.8 Å². The molecule has 0 aliphatic heterocycles. The molecule has 0 aliphatic carbocycles. The van der Waals surface area contributed by atoms with E-state index in [0.29, 0.717) is 5.82 Å². The summed E-state index contributed by atoms with van der Waals surface area (Å²) < 4.78 is 24.7. The molecule has 13 heavy (non-hydrogen) atoms. The monoisotopic (exact) mass is 203 g/mol. The number of aromatic amines is 1. The first-order chi connectivity index (χ1) is 5.83. The number of hydrogen-bond donors (Lipinski definition) is 2. The number of hydrogen-bond acceptors (Lipinski definition) is 3. The number of aromatic nitrogens is 2. The fourth-order valence-electron chi connectivity index (χ4n) is 0.610. The third-order valence-corrected chi connectivity index (χ3v) is 3.65. The van der Waals surface area contributed by atoms with Crippen molar-refractivity contribution in [3.63, 3.8) is 0 Å². The van der Waals surface area contributed by atoms with Gasteiger partial charge in [-0.25, -0.2) is 13.4 Å². The second-order valence-electron chi connectivity index (χ2n) is 3.68. The lowest BCUT2D eigenvalue weighted by molar-refractivity contribution is 0.566. The Morgan fingerprint density at radius 2 is 2.08 bits per heavy atom. The van der Waals surface area contributed by atoms with Gasteiger partial charge < -0.3 is 4.98 Å². The molecule has 1 aromatic heterocycles. The van der Waals surface area contributed by atoms with Crippen LogP contribution >= 0.6 is 0 Å². The maximum Gasteiger partial charge on any atom is 0.238 e. The first-order valence-electron chi connectivity index (χ1n) is 3.84. The van der Waals surface area contributed by atoms with Crippen LogP contribution in [-0.2, 0) is 10.0 Å². The molecular formula is C7H13N3O2S. The lowest BCUT2D eigenvalue weighted by Gasteiger charge is -2.19. The van der Waals surface area contributed by atoms with Crippen molar-refractivity contribution < 1.29 is 8.42 Å². The first-order valence-corrected chi connectivity index (χ1v) is 5.32. The van der Waals surface area contributed by atoms with Crippen molar-refractivity contribution in [3.8, 4) is 0 Å². The minimum absolute atomic E-state index is 0.384. The number of nitrogens with one attached hydrogen (secondary N) is 2. The number of anilines is 1. The zero-order valence-electron chi connectivity index (χ0n) is 7.83. The summed E-state index contributed by atoms with van der Waals surface area (Å²) in [5.41, 5.74) is 0. The molecular weight excluding hydrogens is 190 g/mol. The van der Waals surface area contributed by atoms with Gasteiger partial charge in [0, 0.05) is 0 Å². The van der Waals surface area contributed by atoms with Gasteiger partial charge in [0.1, 0.15) is 5.82 Å². The molecule has 2 N–H and O–H groups in total. The van der Waals surface area contributed by atoms with E-state index >= 15 is 0 Å². The van der Waals surface area contributed by atoms with Crippen molar-refractivity contribution in [2.45, 2.75) is 25.5 Å². The largest absolute Gasteiger partial charge is 0.331 e. The van der Waals surface area contributed by atoms with E-state index in [9.17, 15) is 8.42 Å². The summed E-state index contributed by atoms with van der Waals surface area (Å²) in [5.74, 6) is 0.384. The van der Waals surface area contributed by atoms with E-state index in [2.05, 4.69) is 14.7 Å². The number of H-pyrrole nitrogens is 1. The first kappa shape index (κ1) is 10.0. The fraction of sp³-hybridized carbons (Fsp3) is 0.571. The lowest BCUT2D eigenvalue weighted by atomic mass is 10.3. The minimum atomic E-state index is -3.34. The molecule has 0 saturated heterocycles. The van der Waals surface area contributed by atoms with E-state index in [4.69, 9.17) is 0 Å². The Morgan fingerprint density at radius 3 is 2.46 bits per heavy atom. The molecule has 6 heteroatoms. The molecule has 0 aliphatic rings. The van der Waals surface area contributed by atoms with Gasteiger partial charge in [0.15, 0.2) is 0 Å². The summed E-state index contributed by atoms with van der Waals surface area (Å²) in [6.07, 6.45) is 2.84. The van der Waals surface area contributed by atoms with Crippen LogP contribution in [0.4, 0.5) is 5.82 Å². The molecule has 0 spiro atoms. The van der Waals surface area contributed by atoms with E-state index in [1.807, 2.05) is 0 Å². The SMILES string of the molecule is CC(C)(C)S(=O)(=O)Nc1cnc[nH]1. The minimum Gasteiger partial charge on any atom is -0.331 e. The van der Waals surface area contributed by atoms with Crippen LogP contribution in [0, 0.1) is 0 Å². The van der Waals surface area contributed by atoms with Gasteiger partial charge in [-0.3, -0.25) is 4.72 Å².